The molecular formula is C26H22ClF3N2O4S. The zero-order valence-electron chi connectivity index (χ0n) is 19.4. The molecule has 1 saturated heterocycles. The number of hydrogen-bond acceptors (Lipinski definition) is 7. The van der Waals surface area contributed by atoms with Crippen molar-refractivity contribution in [1.29, 1.82) is 0 Å². The predicted octanol–water partition coefficient (Wildman–Crippen LogP) is 5.26. The zero-order valence-corrected chi connectivity index (χ0v) is 21.0. The number of aliphatic hydroxyl groups is 1. The van der Waals surface area contributed by atoms with Gasteiger partial charge in [0.15, 0.2) is 11.5 Å². The molecule has 0 radical (unpaired) electrons. The first-order chi connectivity index (χ1) is 17.6. The van der Waals surface area contributed by atoms with Gasteiger partial charge in [-0.15, -0.1) is 20.1 Å². The first-order valence-electron chi connectivity index (χ1n) is 11.9. The van der Waals surface area contributed by atoms with E-state index in [0.717, 1.165) is 4.88 Å². The molecule has 6 rings (SSSR count). The number of hydrogen-bond donors (Lipinski definition) is 1. The fraction of sp³-hybridized carbons (Fsp3) is 0.385. The molecule has 37 heavy (non-hydrogen) atoms. The standard InChI is InChI=1S/C26H22ClF3N2O4S/c27-18-10-15(28)2-3-17(18)24(32-8-5-16(33)13-32)21-12-31-23(37-21)11-22(34)25(6-7-25)14-1-4-19-20(9-14)36-26(29,30)35-19/h1-4,9-10,12,16,24,33H,5-8,11,13H2/t16-,24+/m1/s1. The van der Waals surface area contributed by atoms with Crippen LogP contribution < -0.4 is 9.47 Å². The average Bonchev–Trinajstić information content (AvgIpc) is 3.16. The maximum absolute atomic E-state index is 13.7. The van der Waals surface area contributed by atoms with Crippen LogP contribution in [0, 0.1) is 5.82 Å². The summed E-state index contributed by atoms with van der Waals surface area (Å²) >= 11 is 7.78. The molecule has 2 atom stereocenters. The highest BCUT2D eigenvalue weighted by atomic mass is 35.5. The van der Waals surface area contributed by atoms with Crippen molar-refractivity contribution in [3.63, 3.8) is 0 Å². The number of halogens is 4. The Hall–Kier alpha value is -2.66. The molecule has 3 aliphatic rings. The molecule has 0 bridgehead atoms. The molecule has 1 saturated carbocycles. The Balaban J connectivity index is 1.24. The minimum Gasteiger partial charge on any atom is -0.395 e. The average molecular weight is 551 g/mol. The van der Waals surface area contributed by atoms with Gasteiger partial charge in [0.2, 0.25) is 0 Å². The minimum absolute atomic E-state index is 0.0491. The van der Waals surface area contributed by atoms with Gasteiger partial charge < -0.3 is 14.6 Å². The number of thiazole rings is 1. The molecule has 0 spiro atoms. The van der Waals surface area contributed by atoms with Crippen LogP contribution in [0.4, 0.5) is 13.2 Å². The summed E-state index contributed by atoms with van der Waals surface area (Å²) in [7, 11) is 0. The smallest absolute Gasteiger partial charge is 0.395 e. The van der Waals surface area contributed by atoms with Crippen LogP contribution in [-0.2, 0) is 16.6 Å². The lowest BCUT2D eigenvalue weighted by Gasteiger charge is -2.27. The van der Waals surface area contributed by atoms with Gasteiger partial charge in [-0.1, -0.05) is 23.7 Å². The number of aromatic nitrogens is 1. The van der Waals surface area contributed by atoms with Crippen LogP contribution >= 0.6 is 22.9 Å². The van der Waals surface area contributed by atoms with E-state index in [2.05, 4.69) is 19.4 Å². The molecule has 2 fully saturated rings. The lowest BCUT2D eigenvalue weighted by Crippen LogP contribution is -2.28. The van der Waals surface area contributed by atoms with Crippen LogP contribution in [0.5, 0.6) is 11.5 Å². The maximum Gasteiger partial charge on any atom is 0.586 e. The molecule has 2 aromatic carbocycles. The van der Waals surface area contributed by atoms with Crippen LogP contribution in [-0.4, -0.2) is 46.3 Å². The first-order valence-corrected chi connectivity index (χ1v) is 13.1. The molecular weight excluding hydrogens is 529 g/mol. The number of β-amino-alcohol motifs (C(OH)–C–C–N with tert-alkyl or cyclic N) is 1. The van der Waals surface area contributed by atoms with Gasteiger partial charge in [0.25, 0.3) is 0 Å². The number of aliphatic hydroxyl groups excluding tert-OH is 1. The summed E-state index contributed by atoms with van der Waals surface area (Å²) in [5.74, 6) is -0.623. The van der Waals surface area contributed by atoms with E-state index in [9.17, 15) is 23.1 Å². The predicted molar refractivity (Wildman–Crippen MR) is 130 cm³/mol. The highest BCUT2D eigenvalue weighted by Gasteiger charge is 2.52. The number of rotatable bonds is 7. The molecule has 0 amide bonds. The van der Waals surface area contributed by atoms with Gasteiger partial charge in [0.05, 0.1) is 24.0 Å². The maximum atomic E-state index is 13.7. The van der Waals surface area contributed by atoms with Gasteiger partial charge in [-0.05, 0) is 54.7 Å². The van der Waals surface area contributed by atoms with Crippen molar-refractivity contribution < 1.29 is 32.5 Å². The van der Waals surface area contributed by atoms with Crippen LogP contribution in [0.25, 0.3) is 0 Å². The molecule has 2 aliphatic heterocycles. The lowest BCUT2D eigenvalue weighted by atomic mass is 9.89. The van der Waals surface area contributed by atoms with Crippen LogP contribution in [0.15, 0.2) is 42.6 Å². The van der Waals surface area contributed by atoms with E-state index in [1.807, 2.05) is 0 Å². The fourth-order valence-electron chi connectivity index (χ4n) is 5.20. The number of benzene rings is 2. The Labute approximate surface area is 219 Å². The van der Waals surface area contributed by atoms with E-state index in [0.29, 0.717) is 48.5 Å². The molecule has 3 heterocycles. The molecule has 0 unspecified atom stereocenters. The van der Waals surface area contributed by atoms with Crippen LogP contribution in [0.3, 0.4) is 0 Å². The monoisotopic (exact) mass is 550 g/mol. The molecule has 194 valence electrons. The van der Waals surface area contributed by atoms with Crippen molar-refractivity contribution in [3.8, 4) is 11.5 Å². The zero-order chi connectivity index (χ0) is 25.9. The number of alkyl halides is 2. The van der Waals surface area contributed by atoms with E-state index in [4.69, 9.17) is 11.6 Å². The molecule has 1 N–H and O–H groups in total. The number of carbonyl (C=O) groups is 1. The van der Waals surface area contributed by atoms with Crippen molar-refractivity contribution in [3.05, 3.63) is 74.4 Å². The van der Waals surface area contributed by atoms with Crippen LogP contribution in [0.2, 0.25) is 5.02 Å². The third kappa shape index (κ3) is 4.60. The Morgan fingerprint density at radius 3 is 2.70 bits per heavy atom. The van der Waals surface area contributed by atoms with Gasteiger partial charge >= 0.3 is 6.29 Å². The number of ether oxygens (including phenoxy) is 2. The number of carbonyl (C=O) groups excluding carboxylic acids is 1. The second kappa shape index (κ2) is 8.97. The summed E-state index contributed by atoms with van der Waals surface area (Å²) in [5, 5.41) is 11.0. The van der Waals surface area contributed by atoms with Crippen molar-refractivity contribution in [1.82, 2.24) is 9.88 Å². The first kappa shape index (κ1) is 24.7. The van der Waals surface area contributed by atoms with Gasteiger partial charge in [-0.25, -0.2) is 9.37 Å². The van der Waals surface area contributed by atoms with E-state index in [1.165, 1.54) is 35.6 Å². The Morgan fingerprint density at radius 1 is 1.22 bits per heavy atom. The van der Waals surface area contributed by atoms with Crippen molar-refractivity contribution in [2.24, 2.45) is 0 Å². The van der Waals surface area contributed by atoms with E-state index in [1.54, 1.807) is 18.3 Å². The molecule has 1 aliphatic carbocycles. The molecule has 1 aromatic heterocycles. The summed E-state index contributed by atoms with van der Waals surface area (Å²) in [4.78, 5) is 20.8. The molecule has 3 aromatic rings. The highest BCUT2D eigenvalue weighted by molar-refractivity contribution is 7.11. The van der Waals surface area contributed by atoms with E-state index in [-0.39, 0.29) is 34.8 Å². The van der Waals surface area contributed by atoms with Crippen molar-refractivity contribution in [2.45, 2.75) is 49.5 Å². The Bertz CT molecular complexity index is 1380. The fourth-order valence-corrected chi connectivity index (χ4v) is 6.54. The van der Waals surface area contributed by atoms with Crippen LogP contribution in [0.1, 0.15) is 46.3 Å². The van der Waals surface area contributed by atoms with Gasteiger partial charge in [0, 0.05) is 29.2 Å². The number of ketones is 1. The third-order valence-corrected chi connectivity index (χ3v) is 8.58. The third-order valence-electron chi connectivity index (χ3n) is 7.21. The van der Waals surface area contributed by atoms with Gasteiger partial charge in [0.1, 0.15) is 16.6 Å². The van der Waals surface area contributed by atoms with Gasteiger partial charge in [-0.3, -0.25) is 9.69 Å². The number of fused-ring (bicyclic) bond motifs is 1. The lowest BCUT2D eigenvalue weighted by molar-refractivity contribution is -0.286. The summed E-state index contributed by atoms with van der Waals surface area (Å²) in [6.07, 6.45) is -0.560. The summed E-state index contributed by atoms with van der Waals surface area (Å²) in [6, 6.07) is 8.41. The highest BCUT2D eigenvalue weighted by Crippen LogP contribution is 2.53. The number of nitrogens with zero attached hydrogens (tertiary/aromatic N) is 2. The molecule has 6 nitrogen and oxygen atoms in total. The van der Waals surface area contributed by atoms with Gasteiger partial charge in [-0.2, -0.15) is 0 Å². The second-order valence-electron chi connectivity index (χ2n) is 9.67. The topological polar surface area (TPSA) is 71.9 Å². The minimum atomic E-state index is -3.71. The SMILES string of the molecule is O=C(Cc1ncc([C@H](c2ccc(F)cc2Cl)N2CC[C@@H](O)C2)s1)C1(c2ccc3c(c2)OC(F)(F)O3)CC1. The van der Waals surface area contributed by atoms with Crippen molar-refractivity contribution >= 4 is 28.7 Å². The molecule has 11 heteroatoms. The summed E-state index contributed by atoms with van der Waals surface area (Å²) in [6.45, 7) is 1.08. The van der Waals surface area contributed by atoms with E-state index >= 15 is 0 Å². The Kier molecular flexibility index (Phi) is 5.98. The largest absolute Gasteiger partial charge is 0.586 e. The normalized spacial score (nSPS) is 22.2. The Morgan fingerprint density at radius 2 is 2.00 bits per heavy atom. The van der Waals surface area contributed by atoms with E-state index < -0.39 is 23.6 Å². The summed E-state index contributed by atoms with van der Waals surface area (Å²) < 4.78 is 49.6. The summed E-state index contributed by atoms with van der Waals surface area (Å²) in [5.41, 5.74) is 0.562. The number of Topliss-reactive ketones (excluding diaryl/α,β-unsaturated/α-hetero) is 1. The second-order valence-corrected chi connectivity index (χ2v) is 11.2. The quantitative estimate of drug-likeness (QED) is 0.433. The number of likely N-dealkylation sites (tertiary alicyclic amines) is 1. The van der Waals surface area contributed by atoms with Crippen molar-refractivity contribution in [2.75, 3.05) is 13.1 Å².